The fourth-order valence-electron chi connectivity index (χ4n) is 1.48. The minimum absolute atomic E-state index is 0. The molecule has 1 heterocycles. The Bertz CT molecular complexity index is 506. The summed E-state index contributed by atoms with van der Waals surface area (Å²) >= 11 is 0. The second-order valence-electron chi connectivity index (χ2n) is 3.66. The van der Waals surface area contributed by atoms with Gasteiger partial charge in [0.1, 0.15) is 12.8 Å². The molecule has 1 N–H and O–H groups in total. The molecule has 0 unspecified atom stereocenters. The molecule has 0 amide bonds. The van der Waals surface area contributed by atoms with Crippen molar-refractivity contribution in [2.75, 3.05) is 0 Å². The van der Waals surface area contributed by atoms with E-state index in [0.29, 0.717) is 5.75 Å². The molecular formula is C14H14ClNO. The molecule has 0 aliphatic carbocycles. The first kappa shape index (κ1) is 13.3. The molecule has 88 valence electrons. The number of pyridine rings is 1. The highest BCUT2D eigenvalue weighted by molar-refractivity contribution is 5.67. The van der Waals surface area contributed by atoms with Crippen molar-refractivity contribution >= 4 is 12.2 Å². The monoisotopic (exact) mass is 247 g/mol. The maximum atomic E-state index is 9.16. The standard InChI is InChI=1S/C14H13NO.ClH/c1-15-11-3-2-4-13(15)8-5-12-6-9-14(16)10-7-12;/h2-11H,1H3;1H. The molecule has 0 fully saturated rings. The maximum Gasteiger partial charge on any atom is 0.204 e. The summed E-state index contributed by atoms with van der Waals surface area (Å²) in [6, 6.07) is 13.2. The first-order chi connectivity index (χ1) is 7.75. The van der Waals surface area contributed by atoms with Crippen LogP contribution in [0.5, 0.6) is 5.75 Å². The molecule has 17 heavy (non-hydrogen) atoms. The van der Waals surface area contributed by atoms with Crippen molar-refractivity contribution in [2.24, 2.45) is 7.05 Å². The summed E-state index contributed by atoms with van der Waals surface area (Å²) < 4.78 is 2.05. The fourth-order valence-corrected chi connectivity index (χ4v) is 1.48. The topological polar surface area (TPSA) is 24.1 Å². The zero-order valence-electron chi connectivity index (χ0n) is 9.55. The maximum absolute atomic E-state index is 9.16. The van der Waals surface area contributed by atoms with Crippen molar-refractivity contribution in [2.45, 2.75) is 0 Å². The molecule has 0 aliphatic rings. The summed E-state index contributed by atoms with van der Waals surface area (Å²) in [7, 11) is 2.01. The minimum Gasteiger partial charge on any atom is -1.00 e. The smallest absolute Gasteiger partial charge is 0.204 e. The normalized spacial score (nSPS) is 10.2. The second kappa shape index (κ2) is 6.06. The highest BCUT2D eigenvalue weighted by Crippen LogP contribution is 2.11. The van der Waals surface area contributed by atoms with Crippen molar-refractivity contribution in [1.29, 1.82) is 0 Å². The Morgan fingerprint density at radius 2 is 1.71 bits per heavy atom. The van der Waals surface area contributed by atoms with Gasteiger partial charge in [-0.3, -0.25) is 0 Å². The van der Waals surface area contributed by atoms with Gasteiger partial charge in [-0.1, -0.05) is 12.1 Å². The van der Waals surface area contributed by atoms with Crippen molar-refractivity contribution in [3.05, 3.63) is 59.9 Å². The number of rotatable bonds is 2. The largest absolute Gasteiger partial charge is 1.00 e. The third kappa shape index (κ3) is 3.61. The predicted molar refractivity (Wildman–Crippen MR) is 64.7 cm³/mol. The van der Waals surface area contributed by atoms with Crippen molar-refractivity contribution < 1.29 is 22.1 Å². The number of phenolic OH excluding ortho intramolecular Hbond substituents is 1. The van der Waals surface area contributed by atoms with Gasteiger partial charge in [-0.05, 0) is 29.8 Å². The highest BCUT2D eigenvalue weighted by atomic mass is 35.5. The molecular weight excluding hydrogens is 234 g/mol. The van der Waals surface area contributed by atoms with E-state index in [1.54, 1.807) is 12.1 Å². The molecule has 0 atom stereocenters. The number of nitrogens with zero attached hydrogens (tertiary/aromatic N) is 1. The van der Waals surface area contributed by atoms with Crippen molar-refractivity contribution in [3.8, 4) is 5.75 Å². The number of aromatic hydroxyl groups is 1. The average molecular weight is 248 g/mol. The van der Waals surface area contributed by atoms with Crippen LogP contribution in [0.25, 0.3) is 12.2 Å². The van der Waals surface area contributed by atoms with E-state index in [0.717, 1.165) is 11.3 Å². The molecule has 2 aromatic rings. The number of benzene rings is 1. The van der Waals surface area contributed by atoms with Gasteiger partial charge in [-0.15, -0.1) is 0 Å². The Balaban J connectivity index is 0.00000144. The van der Waals surface area contributed by atoms with Crippen molar-refractivity contribution in [3.63, 3.8) is 0 Å². The predicted octanol–water partition coefficient (Wildman–Crippen LogP) is -0.609. The molecule has 0 saturated carbocycles. The van der Waals surface area contributed by atoms with Gasteiger partial charge in [-0.25, -0.2) is 4.57 Å². The van der Waals surface area contributed by atoms with E-state index in [2.05, 4.69) is 10.6 Å². The number of hydrogen-bond donors (Lipinski definition) is 1. The second-order valence-corrected chi connectivity index (χ2v) is 3.66. The van der Waals surface area contributed by atoms with Gasteiger partial charge in [0.2, 0.25) is 5.69 Å². The molecule has 0 bridgehead atoms. The van der Waals surface area contributed by atoms with Crippen molar-refractivity contribution in [1.82, 2.24) is 0 Å². The van der Waals surface area contributed by atoms with Gasteiger partial charge >= 0.3 is 0 Å². The zero-order chi connectivity index (χ0) is 11.4. The molecule has 1 aromatic carbocycles. The third-order valence-corrected chi connectivity index (χ3v) is 2.43. The zero-order valence-corrected chi connectivity index (χ0v) is 10.3. The lowest BCUT2D eigenvalue weighted by Crippen LogP contribution is -3.00. The molecule has 1 aromatic heterocycles. The Hall–Kier alpha value is -1.80. The summed E-state index contributed by atoms with van der Waals surface area (Å²) in [5.74, 6) is 0.294. The third-order valence-electron chi connectivity index (χ3n) is 2.43. The molecule has 0 saturated heterocycles. The van der Waals surface area contributed by atoms with Crippen LogP contribution in [0.4, 0.5) is 0 Å². The summed E-state index contributed by atoms with van der Waals surface area (Å²) in [6.07, 6.45) is 6.08. The van der Waals surface area contributed by atoms with Crippen LogP contribution in [0.2, 0.25) is 0 Å². The molecule has 0 radical (unpaired) electrons. The van der Waals surface area contributed by atoms with E-state index in [1.807, 2.05) is 49.7 Å². The van der Waals surface area contributed by atoms with Crippen LogP contribution in [0.15, 0.2) is 48.7 Å². The van der Waals surface area contributed by atoms with E-state index in [9.17, 15) is 0 Å². The van der Waals surface area contributed by atoms with Gasteiger partial charge in [0.15, 0.2) is 6.20 Å². The number of aryl methyl sites for hydroxylation is 1. The first-order valence-electron chi connectivity index (χ1n) is 5.17. The fraction of sp³-hybridized carbons (Fsp3) is 0.0714. The quantitative estimate of drug-likeness (QED) is 0.704. The minimum atomic E-state index is 0. The van der Waals surface area contributed by atoms with Gasteiger partial charge < -0.3 is 17.5 Å². The van der Waals surface area contributed by atoms with Gasteiger partial charge in [0, 0.05) is 18.2 Å². The van der Waals surface area contributed by atoms with Crippen LogP contribution in [-0.2, 0) is 7.05 Å². The highest BCUT2D eigenvalue weighted by Gasteiger charge is 1.98. The van der Waals surface area contributed by atoms with E-state index >= 15 is 0 Å². The molecule has 2 nitrogen and oxygen atoms in total. The Morgan fingerprint density at radius 3 is 2.35 bits per heavy atom. The SMILES string of the molecule is C[n+]1ccccc1/C=C/c1ccc(O)cc1.[Cl-]. The Morgan fingerprint density at radius 1 is 1.00 bits per heavy atom. The van der Waals surface area contributed by atoms with E-state index in [4.69, 9.17) is 5.11 Å². The van der Waals surface area contributed by atoms with Crippen LogP contribution >= 0.6 is 0 Å². The average Bonchev–Trinajstić information content (AvgIpc) is 2.30. The Labute approximate surface area is 107 Å². The van der Waals surface area contributed by atoms with Crippen LogP contribution in [0.3, 0.4) is 0 Å². The van der Waals surface area contributed by atoms with E-state index < -0.39 is 0 Å². The summed E-state index contributed by atoms with van der Waals surface area (Å²) in [5.41, 5.74) is 2.21. The summed E-state index contributed by atoms with van der Waals surface area (Å²) in [4.78, 5) is 0. The van der Waals surface area contributed by atoms with Crippen LogP contribution in [0, 0.1) is 0 Å². The van der Waals surface area contributed by atoms with Gasteiger partial charge in [0.25, 0.3) is 0 Å². The van der Waals surface area contributed by atoms with Crippen LogP contribution in [-0.4, -0.2) is 5.11 Å². The van der Waals surface area contributed by atoms with Gasteiger partial charge in [0.05, 0.1) is 0 Å². The lowest BCUT2D eigenvalue weighted by atomic mass is 10.2. The summed E-state index contributed by atoms with van der Waals surface area (Å²) in [5, 5.41) is 9.16. The van der Waals surface area contributed by atoms with E-state index in [-0.39, 0.29) is 12.4 Å². The van der Waals surface area contributed by atoms with Gasteiger partial charge in [-0.2, -0.15) is 0 Å². The number of hydrogen-bond acceptors (Lipinski definition) is 1. The molecule has 2 rings (SSSR count). The number of aromatic nitrogens is 1. The molecule has 3 heteroatoms. The molecule has 0 aliphatic heterocycles. The number of halogens is 1. The van der Waals surface area contributed by atoms with Crippen LogP contribution < -0.4 is 17.0 Å². The lowest BCUT2D eigenvalue weighted by Gasteiger charge is -1.94. The number of phenols is 1. The van der Waals surface area contributed by atoms with Crippen LogP contribution in [0.1, 0.15) is 11.3 Å². The van der Waals surface area contributed by atoms with E-state index in [1.165, 1.54) is 0 Å². The molecule has 0 spiro atoms. The lowest BCUT2D eigenvalue weighted by molar-refractivity contribution is -0.673. The summed E-state index contributed by atoms with van der Waals surface area (Å²) in [6.45, 7) is 0. The Kier molecular flexibility index (Phi) is 4.73. The first-order valence-corrected chi connectivity index (χ1v) is 5.17.